The maximum Gasteiger partial charge on any atom is 0.262 e. The van der Waals surface area contributed by atoms with Crippen molar-refractivity contribution >= 4 is 11.6 Å². The van der Waals surface area contributed by atoms with Gasteiger partial charge in [0.15, 0.2) is 0 Å². The Morgan fingerprint density at radius 2 is 1.85 bits per heavy atom. The number of rotatable bonds is 3. The molecule has 0 bridgehead atoms. The molecule has 2 aromatic carbocycles. The highest BCUT2D eigenvalue weighted by Crippen LogP contribution is 2.27. The molecular weight excluding hydrogens is 254 g/mol. The maximum atomic E-state index is 12.6. The minimum absolute atomic E-state index is 0.0491. The van der Waals surface area contributed by atoms with Gasteiger partial charge >= 0.3 is 0 Å². The molecule has 0 saturated carbocycles. The van der Waals surface area contributed by atoms with Gasteiger partial charge in [0.2, 0.25) is 0 Å². The van der Waals surface area contributed by atoms with Crippen LogP contribution in [-0.2, 0) is 0 Å². The quantitative estimate of drug-likeness (QED) is 0.843. The number of phenolic OH excluding ortho intramolecular Hbond substituents is 2. The molecular formula is C16H17NO3. The third-order valence-corrected chi connectivity index (χ3v) is 3.18. The highest BCUT2D eigenvalue weighted by molar-refractivity contribution is 6.08. The molecule has 0 fully saturated rings. The molecule has 1 amide bonds. The Hall–Kier alpha value is -2.49. The van der Waals surface area contributed by atoms with E-state index in [1.807, 2.05) is 38.1 Å². The number of phenols is 2. The fraction of sp³-hybridized carbons (Fsp3) is 0.188. The summed E-state index contributed by atoms with van der Waals surface area (Å²) in [4.78, 5) is 14.1. The van der Waals surface area contributed by atoms with E-state index in [4.69, 9.17) is 0 Å². The summed E-state index contributed by atoms with van der Waals surface area (Å²) < 4.78 is 0. The van der Waals surface area contributed by atoms with Gasteiger partial charge in [-0.05, 0) is 43.7 Å². The van der Waals surface area contributed by atoms with Crippen LogP contribution in [0.1, 0.15) is 22.8 Å². The van der Waals surface area contributed by atoms with Crippen molar-refractivity contribution in [3.05, 3.63) is 53.6 Å². The summed E-state index contributed by atoms with van der Waals surface area (Å²) in [6.45, 7) is 4.26. The molecule has 2 rings (SSSR count). The van der Waals surface area contributed by atoms with Gasteiger partial charge in [0.05, 0.1) is 5.56 Å². The zero-order valence-corrected chi connectivity index (χ0v) is 11.5. The summed E-state index contributed by atoms with van der Waals surface area (Å²) in [5, 5.41) is 19.3. The number of para-hydroxylation sites is 1. The van der Waals surface area contributed by atoms with Crippen LogP contribution in [0.5, 0.6) is 11.5 Å². The van der Waals surface area contributed by atoms with Crippen molar-refractivity contribution in [3.63, 3.8) is 0 Å². The predicted molar refractivity (Wildman–Crippen MR) is 78.3 cm³/mol. The summed E-state index contributed by atoms with van der Waals surface area (Å²) >= 11 is 0. The molecule has 4 nitrogen and oxygen atoms in total. The van der Waals surface area contributed by atoms with Crippen LogP contribution in [0.25, 0.3) is 0 Å². The number of hydrogen-bond donors (Lipinski definition) is 2. The molecule has 0 saturated heterocycles. The Morgan fingerprint density at radius 3 is 2.50 bits per heavy atom. The normalized spacial score (nSPS) is 10.3. The van der Waals surface area contributed by atoms with Crippen LogP contribution in [0, 0.1) is 6.92 Å². The second-order valence-electron chi connectivity index (χ2n) is 4.54. The Balaban J connectivity index is 2.45. The lowest BCUT2D eigenvalue weighted by Crippen LogP contribution is -2.31. The predicted octanol–water partition coefficient (Wildman–Crippen LogP) is 3.07. The van der Waals surface area contributed by atoms with Crippen LogP contribution < -0.4 is 4.90 Å². The van der Waals surface area contributed by atoms with Crippen molar-refractivity contribution in [2.24, 2.45) is 0 Å². The monoisotopic (exact) mass is 271 g/mol. The van der Waals surface area contributed by atoms with Gasteiger partial charge in [-0.15, -0.1) is 0 Å². The van der Waals surface area contributed by atoms with Crippen molar-refractivity contribution in [1.29, 1.82) is 0 Å². The van der Waals surface area contributed by atoms with Crippen LogP contribution >= 0.6 is 0 Å². The SMILES string of the molecule is CCN(C(=O)c1cc(O)ccc1O)c1ccccc1C. The van der Waals surface area contributed by atoms with Gasteiger partial charge in [0, 0.05) is 12.2 Å². The van der Waals surface area contributed by atoms with E-state index >= 15 is 0 Å². The number of carbonyl (C=O) groups excluding carboxylic acids is 1. The van der Waals surface area contributed by atoms with E-state index in [0.717, 1.165) is 11.3 Å². The number of benzene rings is 2. The van der Waals surface area contributed by atoms with Crippen molar-refractivity contribution < 1.29 is 15.0 Å². The van der Waals surface area contributed by atoms with E-state index in [2.05, 4.69) is 0 Å². The number of carbonyl (C=O) groups is 1. The lowest BCUT2D eigenvalue weighted by atomic mass is 10.1. The van der Waals surface area contributed by atoms with Crippen molar-refractivity contribution in [1.82, 2.24) is 0 Å². The van der Waals surface area contributed by atoms with E-state index < -0.39 is 0 Å². The smallest absolute Gasteiger partial charge is 0.262 e. The fourth-order valence-electron chi connectivity index (χ4n) is 2.13. The number of amides is 1. The molecule has 0 aliphatic carbocycles. The number of aryl methyl sites for hydroxylation is 1. The number of hydrogen-bond acceptors (Lipinski definition) is 3. The van der Waals surface area contributed by atoms with E-state index in [0.29, 0.717) is 6.54 Å². The molecule has 0 aliphatic rings. The van der Waals surface area contributed by atoms with Crippen LogP contribution in [0.4, 0.5) is 5.69 Å². The van der Waals surface area contributed by atoms with Crippen molar-refractivity contribution in [2.45, 2.75) is 13.8 Å². The lowest BCUT2D eigenvalue weighted by Gasteiger charge is -2.23. The molecule has 2 N–H and O–H groups in total. The van der Waals surface area contributed by atoms with Gasteiger partial charge in [-0.3, -0.25) is 4.79 Å². The summed E-state index contributed by atoms with van der Waals surface area (Å²) in [6.07, 6.45) is 0. The average molecular weight is 271 g/mol. The van der Waals surface area contributed by atoms with Crippen LogP contribution in [0.15, 0.2) is 42.5 Å². The molecule has 104 valence electrons. The third-order valence-electron chi connectivity index (χ3n) is 3.18. The van der Waals surface area contributed by atoms with Crippen LogP contribution in [0.3, 0.4) is 0 Å². The average Bonchev–Trinajstić information content (AvgIpc) is 2.44. The topological polar surface area (TPSA) is 60.8 Å². The molecule has 0 radical (unpaired) electrons. The zero-order valence-electron chi connectivity index (χ0n) is 11.5. The molecule has 0 atom stereocenters. The minimum atomic E-state index is -0.338. The number of nitrogens with zero attached hydrogens (tertiary/aromatic N) is 1. The van der Waals surface area contributed by atoms with Crippen molar-refractivity contribution in [2.75, 3.05) is 11.4 Å². The van der Waals surface area contributed by atoms with Crippen LogP contribution in [-0.4, -0.2) is 22.7 Å². The van der Waals surface area contributed by atoms with E-state index in [1.165, 1.54) is 18.2 Å². The van der Waals surface area contributed by atoms with Gasteiger partial charge < -0.3 is 15.1 Å². The zero-order chi connectivity index (χ0) is 14.7. The Kier molecular flexibility index (Phi) is 3.94. The van der Waals surface area contributed by atoms with E-state index in [9.17, 15) is 15.0 Å². The molecule has 0 unspecified atom stereocenters. The molecule has 4 heteroatoms. The van der Waals surface area contributed by atoms with Gasteiger partial charge in [-0.25, -0.2) is 0 Å². The fourth-order valence-corrected chi connectivity index (χ4v) is 2.13. The molecule has 0 aliphatic heterocycles. The largest absolute Gasteiger partial charge is 0.508 e. The van der Waals surface area contributed by atoms with E-state index in [1.54, 1.807) is 4.90 Å². The van der Waals surface area contributed by atoms with Gasteiger partial charge in [-0.2, -0.15) is 0 Å². The first-order valence-corrected chi connectivity index (χ1v) is 6.44. The first-order chi connectivity index (χ1) is 9.54. The Morgan fingerprint density at radius 1 is 1.15 bits per heavy atom. The Labute approximate surface area is 117 Å². The molecule has 20 heavy (non-hydrogen) atoms. The van der Waals surface area contributed by atoms with Crippen LogP contribution in [0.2, 0.25) is 0 Å². The third kappa shape index (κ3) is 2.59. The lowest BCUT2D eigenvalue weighted by molar-refractivity contribution is 0.0985. The van der Waals surface area contributed by atoms with Crippen molar-refractivity contribution in [3.8, 4) is 11.5 Å². The molecule has 0 aromatic heterocycles. The summed E-state index contributed by atoms with van der Waals surface area (Å²) in [6, 6.07) is 11.5. The molecule has 0 heterocycles. The second-order valence-corrected chi connectivity index (χ2v) is 4.54. The summed E-state index contributed by atoms with van der Waals surface area (Å²) in [5.41, 5.74) is 1.86. The van der Waals surface area contributed by atoms with Gasteiger partial charge in [-0.1, -0.05) is 18.2 Å². The molecule has 0 spiro atoms. The van der Waals surface area contributed by atoms with Gasteiger partial charge in [0.25, 0.3) is 5.91 Å². The summed E-state index contributed by atoms with van der Waals surface area (Å²) in [5.74, 6) is -0.526. The second kappa shape index (κ2) is 5.65. The minimum Gasteiger partial charge on any atom is -0.508 e. The number of anilines is 1. The first kappa shape index (κ1) is 13.9. The standard InChI is InChI=1S/C16H17NO3/c1-3-17(14-7-5-4-6-11(14)2)16(20)13-10-12(18)8-9-15(13)19/h4-10,18-19H,3H2,1-2H3. The number of aromatic hydroxyl groups is 2. The highest BCUT2D eigenvalue weighted by atomic mass is 16.3. The van der Waals surface area contributed by atoms with E-state index in [-0.39, 0.29) is 23.0 Å². The van der Waals surface area contributed by atoms with Gasteiger partial charge in [0.1, 0.15) is 11.5 Å². The summed E-state index contributed by atoms with van der Waals surface area (Å²) in [7, 11) is 0. The molecule has 2 aromatic rings. The first-order valence-electron chi connectivity index (χ1n) is 6.44. The Bertz CT molecular complexity index is 637. The highest BCUT2D eigenvalue weighted by Gasteiger charge is 2.20. The maximum absolute atomic E-state index is 12.6.